The SMILES string of the molecule is O=C(/C=C/c1c(Cl)cccc1Cl)N1CCOCC1CO. The molecule has 1 unspecified atom stereocenters. The van der Waals surface area contributed by atoms with Crippen LogP contribution in [0.4, 0.5) is 0 Å². The van der Waals surface area contributed by atoms with Gasteiger partial charge in [0.1, 0.15) is 0 Å². The van der Waals surface area contributed by atoms with Crippen molar-refractivity contribution in [3.8, 4) is 0 Å². The molecule has 1 aliphatic heterocycles. The number of benzene rings is 1. The molecular formula is C14H15Cl2NO3. The fraction of sp³-hybridized carbons (Fsp3) is 0.357. The molecule has 2 rings (SSSR count). The van der Waals surface area contributed by atoms with Crippen LogP contribution in [0, 0.1) is 0 Å². The molecule has 0 aromatic heterocycles. The summed E-state index contributed by atoms with van der Waals surface area (Å²) in [5.74, 6) is -0.191. The first-order valence-electron chi connectivity index (χ1n) is 6.24. The fourth-order valence-electron chi connectivity index (χ4n) is 2.02. The maximum Gasteiger partial charge on any atom is 0.247 e. The zero-order valence-corrected chi connectivity index (χ0v) is 12.3. The van der Waals surface area contributed by atoms with Crippen LogP contribution in [-0.2, 0) is 9.53 Å². The molecule has 1 aromatic rings. The van der Waals surface area contributed by atoms with Gasteiger partial charge in [-0.1, -0.05) is 29.3 Å². The number of aliphatic hydroxyl groups is 1. The summed E-state index contributed by atoms with van der Waals surface area (Å²) in [6.45, 7) is 1.17. The van der Waals surface area contributed by atoms with Gasteiger partial charge in [-0.15, -0.1) is 0 Å². The van der Waals surface area contributed by atoms with E-state index in [4.69, 9.17) is 27.9 Å². The van der Waals surface area contributed by atoms with Gasteiger partial charge in [-0.2, -0.15) is 0 Å². The Morgan fingerprint density at radius 3 is 2.80 bits per heavy atom. The molecule has 0 bridgehead atoms. The first-order valence-corrected chi connectivity index (χ1v) is 7.00. The van der Waals surface area contributed by atoms with Gasteiger partial charge in [0.15, 0.2) is 0 Å². The predicted molar refractivity (Wildman–Crippen MR) is 78.9 cm³/mol. The van der Waals surface area contributed by atoms with E-state index in [1.54, 1.807) is 29.2 Å². The van der Waals surface area contributed by atoms with E-state index in [9.17, 15) is 9.90 Å². The molecule has 108 valence electrons. The molecule has 1 heterocycles. The Balaban J connectivity index is 2.12. The molecule has 1 atom stereocenters. The molecule has 0 spiro atoms. The molecule has 1 aromatic carbocycles. The van der Waals surface area contributed by atoms with Crippen LogP contribution < -0.4 is 0 Å². The number of hydrogen-bond donors (Lipinski definition) is 1. The van der Waals surface area contributed by atoms with Crippen LogP contribution in [0.15, 0.2) is 24.3 Å². The average molecular weight is 316 g/mol. The lowest BCUT2D eigenvalue weighted by atomic mass is 10.2. The van der Waals surface area contributed by atoms with Gasteiger partial charge in [0.05, 0.1) is 25.9 Å². The lowest BCUT2D eigenvalue weighted by Gasteiger charge is -2.33. The van der Waals surface area contributed by atoms with E-state index >= 15 is 0 Å². The molecule has 1 aliphatic rings. The van der Waals surface area contributed by atoms with Crippen LogP contribution in [-0.4, -0.2) is 48.3 Å². The second kappa shape index (κ2) is 7.09. The topological polar surface area (TPSA) is 49.8 Å². The quantitative estimate of drug-likeness (QED) is 0.870. The van der Waals surface area contributed by atoms with Crippen molar-refractivity contribution in [2.45, 2.75) is 6.04 Å². The predicted octanol–water partition coefficient (Wildman–Crippen LogP) is 2.23. The highest BCUT2D eigenvalue weighted by molar-refractivity contribution is 6.37. The number of carbonyl (C=O) groups is 1. The third-order valence-corrected chi connectivity index (χ3v) is 3.77. The highest BCUT2D eigenvalue weighted by atomic mass is 35.5. The zero-order chi connectivity index (χ0) is 14.5. The van der Waals surface area contributed by atoms with Crippen molar-refractivity contribution in [1.29, 1.82) is 0 Å². The van der Waals surface area contributed by atoms with E-state index in [0.29, 0.717) is 35.4 Å². The summed E-state index contributed by atoms with van der Waals surface area (Å²) in [5, 5.41) is 10.2. The van der Waals surface area contributed by atoms with Crippen LogP contribution in [0.25, 0.3) is 6.08 Å². The average Bonchev–Trinajstić information content (AvgIpc) is 2.46. The number of carbonyl (C=O) groups excluding carboxylic acids is 1. The minimum Gasteiger partial charge on any atom is -0.394 e. The van der Waals surface area contributed by atoms with Gasteiger partial charge in [0, 0.05) is 28.2 Å². The van der Waals surface area contributed by atoms with E-state index in [1.807, 2.05) is 0 Å². The smallest absolute Gasteiger partial charge is 0.247 e. The molecule has 0 aliphatic carbocycles. The molecule has 1 fully saturated rings. The van der Waals surface area contributed by atoms with Gasteiger partial charge in [-0.05, 0) is 18.2 Å². The van der Waals surface area contributed by atoms with Crippen molar-refractivity contribution in [2.24, 2.45) is 0 Å². The van der Waals surface area contributed by atoms with E-state index in [1.165, 1.54) is 6.08 Å². The molecule has 4 nitrogen and oxygen atoms in total. The minimum atomic E-state index is -0.303. The number of nitrogens with zero attached hydrogens (tertiary/aromatic N) is 1. The maximum absolute atomic E-state index is 12.1. The summed E-state index contributed by atoms with van der Waals surface area (Å²) in [7, 11) is 0. The van der Waals surface area contributed by atoms with Gasteiger partial charge in [-0.3, -0.25) is 4.79 Å². The highest BCUT2D eigenvalue weighted by Gasteiger charge is 2.25. The lowest BCUT2D eigenvalue weighted by Crippen LogP contribution is -2.49. The van der Waals surface area contributed by atoms with Crippen molar-refractivity contribution >= 4 is 35.2 Å². The van der Waals surface area contributed by atoms with Crippen LogP contribution in [0.5, 0.6) is 0 Å². The Kier molecular flexibility index (Phi) is 5.43. The van der Waals surface area contributed by atoms with E-state index in [2.05, 4.69) is 0 Å². The third-order valence-electron chi connectivity index (χ3n) is 3.11. The number of aliphatic hydroxyl groups excluding tert-OH is 1. The normalized spacial score (nSPS) is 19.6. The summed E-state index contributed by atoms with van der Waals surface area (Å²) < 4.78 is 5.23. The Bertz CT molecular complexity index is 499. The molecule has 0 radical (unpaired) electrons. The highest BCUT2D eigenvalue weighted by Crippen LogP contribution is 2.25. The number of rotatable bonds is 3. The van der Waals surface area contributed by atoms with E-state index < -0.39 is 0 Å². The van der Waals surface area contributed by atoms with Crippen molar-refractivity contribution < 1.29 is 14.6 Å². The van der Waals surface area contributed by atoms with Crippen molar-refractivity contribution in [1.82, 2.24) is 4.90 Å². The van der Waals surface area contributed by atoms with Gasteiger partial charge in [0.25, 0.3) is 0 Å². The first-order chi connectivity index (χ1) is 9.63. The van der Waals surface area contributed by atoms with Crippen molar-refractivity contribution in [3.63, 3.8) is 0 Å². The number of amides is 1. The molecule has 6 heteroatoms. The second-order valence-corrected chi connectivity index (χ2v) is 5.23. The maximum atomic E-state index is 12.1. The fourth-order valence-corrected chi connectivity index (χ4v) is 2.54. The summed E-state index contributed by atoms with van der Waals surface area (Å²) in [4.78, 5) is 13.7. The minimum absolute atomic E-state index is 0.119. The van der Waals surface area contributed by atoms with Crippen LogP contribution in [0.1, 0.15) is 5.56 Å². The molecule has 1 amide bonds. The molecular weight excluding hydrogens is 301 g/mol. The Morgan fingerprint density at radius 1 is 1.45 bits per heavy atom. The molecule has 1 saturated heterocycles. The van der Waals surface area contributed by atoms with Crippen LogP contribution in [0.3, 0.4) is 0 Å². The zero-order valence-electron chi connectivity index (χ0n) is 10.8. The third kappa shape index (κ3) is 3.52. The number of morpholine rings is 1. The van der Waals surface area contributed by atoms with E-state index in [0.717, 1.165) is 0 Å². The lowest BCUT2D eigenvalue weighted by molar-refractivity contribution is -0.136. The standard InChI is InChI=1S/C14H15Cl2NO3/c15-12-2-1-3-13(16)11(12)4-5-14(19)17-6-7-20-9-10(17)8-18/h1-5,10,18H,6-9H2/b5-4+. The van der Waals surface area contributed by atoms with Gasteiger partial charge in [-0.25, -0.2) is 0 Å². The molecule has 0 saturated carbocycles. The summed E-state index contributed by atoms with van der Waals surface area (Å²) in [5.41, 5.74) is 0.609. The van der Waals surface area contributed by atoms with Gasteiger partial charge < -0.3 is 14.7 Å². The van der Waals surface area contributed by atoms with Crippen molar-refractivity contribution in [3.05, 3.63) is 39.9 Å². The number of halogens is 2. The van der Waals surface area contributed by atoms with Crippen LogP contribution >= 0.6 is 23.2 Å². The summed E-state index contributed by atoms with van der Waals surface area (Å²) in [6.07, 6.45) is 3.01. The molecule has 20 heavy (non-hydrogen) atoms. The monoisotopic (exact) mass is 315 g/mol. The Hall–Kier alpha value is -1.07. The van der Waals surface area contributed by atoms with Crippen molar-refractivity contribution in [2.75, 3.05) is 26.4 Å². The van der Waals surface area contributed by atoms with Gasteiger partial charge in [0.2, 0.25) is 5.91 Å². The first kappa shape index (κ1) is 15.3. The summed E-state index contributed by atoms with van der Waals surface area (Å²) >= 11 is 12.1. The van der Waals surface area contributed by atoms with E-state index in [-0.39, 0.29) is 18.6 Å². The summed E-state index contributed by atoms with van der Waals surface area (Å²) in [6, 6.07) is 4.86. The Morgan fingerprint density at radius 2 is 2.15 bits per heavy atom. The Labute approximate surface area is 127 Å². The largest absolute Gasteiger partial charge is 0.394 e. The molecule has 1 N–H and O–H groups in total. The number of hydrogen-bond acceptors (Lipinski definition) is 3. The second-order valence-electron chi connectivity index (χ2n) is 4.41. The van der Waals surface area contributed by atoms with Crippen LogP contribution in [0.2, 0.25) is 10.0 Å². The van der Waals surface area contributed by atoms with Gasteiger partial charge >= 0.3 is 0 Å². The number of ether oxygens (including phenoxy) is 1.